The number of rotatable bonds is 7. The summed E-state index contributed by atoms with van der Waals surface area (Å²) < 4.78 is 5.05. The summed E-state index contributed by atoms with van der Waals surface area (Å²) in [6, 6.07) is 5.23. The Morgan fingerprint density at radius 2 is 2.00 bits per heavy atom. The van der Waals surface area contributed by atoms with Crippen molar-refractivity contribution in [1.29, 1.82) is 0 Å². The zero-order valence-electron chi connectivity index (χ0n) is 12.6. The van der Waals surface area contributed by atoms with E-state index in [-0.39, 0.29) is 23.6 Å². The molecule has 0 heterocycles. The maximum atomic E-state index is 11.4. The molecule has 0 saturated heterocycles. The van der Waals surface area contributed by atoms with Crippen LogP contribution < -0.4 is 15.4 Å². The molecule has 0 aliphatic carbocycles. The molecule has 0 bridgehead atoms. The molecule has 0 fully saturated rings. The van der Waals surface area contributed by atoms with E-state index in [2.05, 4.69) is 10.6 Å². The second-order valence-electron chi connectivity index (χ2n) is 5.05. The van der Waals surface area contributed by atoms with E-state index < -0.39 is 0 Å². The van der Waals surface area contributed by atoms with Crippen LogP contribution in [0.25, 0.3) is 0 Å². The van der Waals surface area contributed by atoms with Crippen LogP contribution in [0.3, 0.4) is 0 Å². The van der Waals surface area contributed by atoms with Crippen LogP contribution in [0, 0.1) is 5.92 Å². The standard InChI is InChI=1S/C15H24N2O3/c1-10(2)15(19)17-8-7-16-11(3)13-6-5-12(20-4)9-14(13)18/h5-6,9-11,16,18H,7-8H2,1-4H3,(H,17,19). The van der Waals surface area contributed by atoms with Gasteiger partial charge in [0.25, 0.3) is 0 Å². The van der Waals surface area contributed by atoms with E-state index in [0.29, 0.717) is 18.8 Å². The van der Waals surface area contributed by atoms with E-state index in [1.165, 1.54) is 0 Å². The number of aromatic hydroxyl groups is 1. The Bertz CT molecular complexity index is 447. The van der Waals surface area contributed by atoms with Crippen molar-refractivity contribution in [2.45, 2.75) is 26.8 Å². The monoisotopic (exact) mass is 280 g/mol. The summed E-state index contributed by atoms with van der Waals surface area (Å²) in [5.74, 6) is 0.878. The van der Waals surface area contributed by atoms with Crippen LogP contribution in [0.2, 0.25) is 0 Å². The fourth-order valence-electron chi connectivity index (χ4n) is 1.81. The number of ether oxygens (including phenoxy) is 1. The van der Waals surface area contributed by atoms with E-state index in [0.717, 1.165) is 5.56 Å². The van der Waals surface area contributed by atoms with Crippen LogP contribution in [-0.2, 0) is 4.79 Å². The predicted octanol–water partition coefficient (Wildman–Crippen LogP) is 1.82. The third kappa shape index (κ3) is 4.74. The summed E-state index contributed by atoms with van der Waals surface area (Å²) in [5, 5.41) is 16.0. The minimum absolute atomic E-state index is 0.00180. The fraction of sp³-hybridized carbons (Fsp3) is 0.533. The van der Waals surface area contributed by atoms with Gasteiger partial charge in [0.2, 0.25) is 5.91 Å². The Morgan fingerprint density at radius 3 is 2.55 bits per heavy atom. The van der Waals surface area contributed by atoms with Crippen molar-refractivity contribution in [3.8, 4) is 11.5 Å². The molecule has 3 N–H and O–H groups in total. The van der Waals surface area contributed by atoms with Crippen molar-refractivity contribution in [3.63, 3.8) is 0 Å². The number of phenolic OH excluding ortho intramolecular Hbond substituents is 1. The summed E-state index contributed by atoms with van der Waals surface area (Å²) in [6.07, 6.45) is 0. The van der Waals surface area contributed by atoms with Crippen molar-refractivity contribution >= 4 is 5.91 Å². The number of phenols is 1. The van der Waals surface area contributed by atoms with Gasteiger partial charge < -0.3 is 20.5 Å². The highest BCUT2D eigenvalue weighted by Gasteiger charge is 2.11. The summed E-state index contributed by atoms with van der Waals surface area (Å²) in [4.78, 5) is 11.4. The molecule has 112 valence electrons. The summed E-state index contributed by atoms with van der Waals surface area (Å²) in [5.41, 5.74) is 0.806. The largest absolute Gasteiger partial charge is 0.507 e. The normalized spacial score (nSPS) is 12.2. The van der Waals surface area contributed by atoms with E-state index in [1.54, 1.807) is 13.2 Å². The third-order valence-corrected chi connectivity index (χ3v) is 3.10. The lowest BCUT2D eigenvalue weighted by Gasteiger charge is -2.16. The molecular weight excluding hydrogens is 256 g/mol. The number of amides is 1. The highest BCUT2D eigenvalue weighted by molar-refractivity contribution is 5.77. The average molecular weight is 280 g/mol. The van der Waals surface area contributed by atoms with E-state index in [9.17, 15) is 9.90 Å². The van der Waals surface area contributed by atoms with Crippen LogP contribution in [0.4, 0.5) is 0 Å². The molecule has 0 radical (unpaired) electrons. The van der Waals surface area contributed by atoms with Gasteiger partial charge in [0.1, 0.15) is 11.5 Å². The van der Waals surface area contributed by atoms with Crippen molar-refractivity contribution in [2.75, 3.05) is 20.2 Å². The van der Waals surface area contributed by atoms with E-state index in [1.807, 2.05) is 32.9 Å². The first-order chi connectivity index (χ1) is 9.45. The Kier molecular flexibility index (Phi) is 6.31. The molecule has 5 heteroatoms. The second-order valence-corrected chi connectivity index (χ2v) is 5.05. The molecule has 0 spiro atoms. The molecule has 1 unspecified atom stereocenters. The smallest absolute Gasteiger partial charge is 0.222 e. The molecule has 1 aromatic carbocycles. The van der Waals surface area contributed by atoms with Crippen LogP contribution in [-0.4, -0.2) is 31.2 Å². The molecule has 0 saturated carbocycles. The quantitative estimate of drug-likeness (QED) is 0.666. The van der Waals surface area contributed by atoms with Gasteiger partial charge in [0.05, 0.1) is 7.11 Å². The predicted molar refractivity (Wildman–Crippen MR) is 78.9 cm³/mol. The van der Waals surface area contributed by atoms with Gasteiger partial charge in [-0.3, -0.25) is 4.79 Å². The first-order valence-corrected chi connectivity index (χ1v) is 6.83. The number of carbonyl (C=O) groups excluding carboxylic acids is 1. The van der Waals surface area contributed by atoms with Gasteiger partial charge >= 0.3 is 0 Å². The molecule has 0 aliphatic rings. The molecule has 1 aromatic rings. The second kappa shape index (κ2) is 7.75. The number of nitrogens with one attached hydrogen (secondary N) is 2. The topological polar surface area (TPSA) is 70.6 Å². The third-order valence-electron chi connectivity index (χ3n) is 3.10. The Hall–Kier alpha value is -1.75. The molecule has 0 aromatic heterocycles. The number of carbonyl (C=O) groups is 1. The number of benzene rings is 1. The van der Waals surface area contributed by atoms with Crippen LogP contribution >= 0.6 is 0 Å². The molecule has 1 atom stereocenters. The van der Waals surface area contributed by atoms with Crippen molar-refractivity contribution < 1.29 is 14.6 Å². The lowest BCUT2D eigenvalue weighted by Crippen LogP contribution is -2.35. The number of hydrogen-bond acceptors (Lipinski definition) is 4. The van der Waals surface area contributed by atoms with E-state index in [4.69, 9.17) is 4.74 Å². The molecule has 0 aliphatic heterocycles. The van der Waals surface area contributed by atoms with Gasteiger partial charge in [-0.05, 0) is 13.0 Å². The van der Waals surface area contributed by atoms with Gasteiger partial charge in [0.15, 0.2) is 0 Å². The van der Waals surface area contributed by atoms with Gasteiger partial charge in [-0.15, -0.1) is 0 Å². The van der Waals surface area contributed by atoms with Gasteiger partial charge in [-0.25, -0.2) is 0 Å². The summed E-state index contributed by atoms with van der Waals surface area (Å²) in [6.45, 7) is 6.90. The first-order valence-electron chi connectivity index (χ1n) is 6.83. The lowest BCUT2D eigenvalue weighted by atomic mass is 10.1. The van der Waals surface area contributed by atoms with Gasteiger partial charge in [-0.1, -0.05) is 19.9 Å². The Balaban J connectivity index is 2.43. The van der Waals surface area contributed by atoms with Crippen molar-refractivity contribution in [3.05, 3.63) is 23.8 Å². The molecule has 20 heavy (non-hydrogen) atoms. The maximum Gasteiger partial charge on any atom is 0.222 e. The van der Waals surface area contributed by atoms with Crippen molar-refractivity contribution in [2.24, 2.45) is 5.92 Å². The summed E-state index contributed by atoms with van der Waals surface area (Å²) >= 11 is 0. The summed E-state index contributed by atoms with van der Waals surface area (Å²) in [7, 11) is 1.56. The zero-order chi connectivity index (χ0) is 15.1. The average Bonchev–Trinajstić information content (AvgIpc) is 2.42. The minimum Gasteiger partial charge on any atom is -0.507 e. The Labute approximate surface area is 120 Å². The number of hydrogen-bond donors (Lipinski definition) is 3. The molecule has 1 rings (SSSR count). The SMILES string of the molecule is COc1ccc(C(C)NCCNC(=O)C(C)C)c(O)c1. The maximum absolute atomic E-state index is 11.4. The molecule has 1 amide bonds. The molecule has 5 nitrogen and oxygen atoms in total. The Morgan fingerprint density at radius 1 is 1.30 bits per heavy atom. The van der Waals surface area contributed by atoms with Gasteiger partial charge in [-0.2, -0.15) is 0 Å². The number of methoxy groups -OCH3 is 1. The fourth-order valence-corrected chi connectivity index (χ4v) is 1.81. The molecular formula is C15H24N2O3. The van der Waals surface area contributed by atoms with Crippen LogP contribution in [0.1, 0.15) is 32.4 Å². The van der Waals surface area contributed by atoms with Crippen molar-refractivity contribution in [1.82, 2.24) is 10.6 Å². The van der Waals surface area contributed by atoms with Crippen LogP contribution in [0.15, 0.2) is 18.2 Å². The minimum atomic E-state index is -0.00291. The zero-order valence-corrected chi connectivity index (χ0v) is 12.6. The highest BCUT2D eigenvalue weighted by atomic mass is 16.5. The lowest BCUT2D eigenvalue weighted by molar-refractivity contribution is -0.123. The van der Waals surface area contributed by atoms with Crippen LogP contribution in [0.5, 0.6) is 11.5 Å². The van der Waals surface area contributed by atoms with E-state index >= 15 is 0 Å². The highest BCUT2D eigenvalue weighted by Crippen LogP contribution is 2.27. The first kappa shape index (κ1) is 16.3. The van der Waals surface area contributed by atoms with Gasteiger partial charge in [0, 0.05) is 36.7 Å².